The van der Waals surface area contributed by atoms with Crippen molar-refractivity contribution >= 4 is 5.91 Å². The first kappa shape index (κ1) is 16.4. The summed E-state index contributed by atoms with van der Waals surface area (Å²) < 4.78 is 0. The Hall–Kier alpha value is -1.42. The number of carbonyl (C=O) groups is 1. The smallest absolute Gasteiger partial charge is 0.221 e. The van der Waals surface area contributed by atoms with Crippen LogP contribution in [0.4, 0.5) is 0 Å². The number of carbonyl (C=O) groups excluding carboxylic acids is 1. The molecule has 1 saturated heterocycles. The van der Waals surface area contributed by atoms with Crippen molar-refractivity contribution in [1.29, 1.82) is 0 Å². The van der Waals surface area contributed by atoms with Gasteiger partial charge in [-0.15, -0.1) is 0 Å². The van der Waals surface area contributed by atoms with E-state index >= 15 is 0 Å². The summed E-state index contributed by atoms with van der Waals surface area (Å²) in [5.41, 5.74) is 2.04. The summed E-state index contributed by atoms with van der Waals surface area (Å²) in [6, 6.07) is 6.20. The molecule has 0 aromatic carbocycles. The van der Waals surface area contributed by atoms with Gasteiger partial charge in [-0.2, -0.15) is 0 Å². The average molecular weight is 315 g/mol. The molecule has 0 radical (unpaired) electrons. The summed E-state index contributed by atoms with van der Waals surface area (Å²) in [5, 5.41) is 3.25. The van der Waals surface area contributed by atoms with Crippen LogP contribution in [0.2, 0.25) is 0 Å². The summed E-state index contributed by atoms with van der Waals surface area (Å²) in [6.45, 7) is 5.20. The first-order chi connectivity index (χ1) is 11.2. The third-order valence-electron chi connectivity index (χ3n) is 4.99. The van der Waals surface area contributed by atoms with Gasteiger partial charge in [-0.25, -0.2) is 0 Å². The Morgan fingerprint density at radius 1 is 1.26 bits per heavy atom. The SMILES string of the molecule is Cc1cccc([C@@H](NC(=O)CCN2CCCCCC2)C2CC2)n1. The molecule has 126 valence electrons. The zero-order valence-corrected chi connectivity index (χ0v) is 14.3. The Kier molecular flexibility index (Phi) is 5.65. The molecule has 23 heavy (non-hydrogen) atoms. The van der Waals surface area contributed by atoms with E-state index in [1.54, 1.807) is 0 Å². The van der Waals surface area contributed by atoms with Crippen molar-refractivity contribution in [1.82, 2.24) is 15.2 Å². The highest BCUT2D eigenvalue weighted by Gasteiger charge is 2.34. The predicted molar refractivity (Wildman–Crippen MR) is 92.1 cm³/mol. The Bertz CT molecular complexity index is 519. The fourth-order valence-electron chi connectivity index (χ4n) is 3.47. The topological polar surface area (TPSA) is 45.2 Å². The molecule has 1 atom stereocenters. The van der Waals surface area contributed by atoms with Crippen molar-refractivity contribution in [3.63, 3.8) is 0 Å². The zero-order chi connectivity index (χ0) is 16.1. The maximum atomic E-state index is 12.4. The molecule has 1 aliphatic carbocycles. The lowest BCUT2D eigenvalue weighted by Gasteiger charge is -2.21. The van der Waals surface area contributed by atoms with Crippen LogP contribution in [0.1, 0.15) is 62.4 Å². The van der Waals surface area contributed by atoms with E-state index in [-0.39, 0.29) is 11.9 Å². The summed E-state index contributed by atoms with van der Waals surface area (Å²) in [6.07, 6.45) is 8.24. The summed E-state index contributed by atoms with van der Waals surface area (Å²) in [7, 11) is 0. The molecule has 1 aliphatic heterocycles. The van der Waals surface area contributed by atoms with E-state index in [0.717, 1.165) is 31.0 Å². The fourth-order valence-corrected chi connectivity index (χ4v) is 3.47. The summed E-state index contributed by atoms with van der Waals surface area (Å²) in [4.78, 5) is 19.5. The van der Waals surface area contributed by atoms with Gasteiger partial charge < -0.3 is 10.2 Å². The minimum atomic E-state index is 0.103. The van der Waals surface area contributed by atoms with Crippen molar-refractivity contribution in [2.45, 2.75) is 57.9 Å². The number of aryl methyl sites for hydroxylation is 1. The molecule has 0 spiro atoms. The van der Waals surface area contributed by atoms with Gasteiger partial charge in [0.2, 0.25) is 5.91 Å². The number of likely N-dealkylation sites (tertiary alicyclic amines) is 1. The first-order valence-electron chi connectivity index (χ1n) is 9.17. The Morgan fingerprint density at radius 3 is 2.65 bits per heavy atom. The molecule has 0 bridgehead atoms. The second-order valence-electron chi connectivity index (χ2n) is 7.09. The van der Waals surface area contributed by atoms with E-state index in [4.69, 9.17) is 0 Å². The zero-order valence-electron chi connectivity index (χ0n) is 14.3. The minimum absolute atomic E-state index is 0.103. The van der Waals surface area contributed by atoms with Gasteiger partial charge in [-0.3, -0.25) is 9.78 Å². The second-order valence-corrected chi connectivity index (χ2v) is 7.09. The van der Waals surface area contributed by atoms with Gasteiger partial charge in [0.05, 0.1) is 11.7 Å². The highest BCUT2D eigenvalue weighted by molar-refractivity contribution is 5.76. The van der Waals surface area contributed by atoms with E-state index < -0.39 is 0 Å². The highest BCUT2D eigenvalue weighted by Crippen LogP contribution is 2.40. The van der Waals surface area contributed by atoms with Gasteiger partial charge in [-0.1, -0.05) is 18.9 Å². The van der Waals surface area contributed by atoms with Crippen molar-refractivity contribution in [3.05, 3.63) is 29.6 Å². The quantitative estimate of drug-likeness (QED) is 0.876. The number of amides is 1. The molecule has 3 rings (SSSR count). The Balaban J connectivity index is 1.52. The van der Waals surface area contributed by atoms with Crippen LogP contribution in [0.5, 0.6) is 0 Å². The van der Waals surface area contributed by atoms with Gasteiger partial charge in [0, 0.05) is 18.7 Å². The van der Waals surface area contributed by atoms with Gasteiger partial charge >= 0.3 is 0 Å². The van der Waals surface area contributed by atoms with Crippen molar-refractivity contribution < 1.29 is 4.79 Å². The van der Waals surface area contributed by atoms with E-state index in [0.29, 0.717) is 12.3 Å². The lowest BCUT2D eigenvalue weighted by Crippen LogP contribution is -2.34. The van der Waals surface area contributed by atoms with Crippen molar-refractivity contribution in [3.8, 4) is 0 Å². The molecular weight excluding hydrogens is 286 g/mol. The Morgan fingerprint density at radius 2 is 2.00 bits per heavy atom. The van der Waals surface area contributed by atoms with Crippen molar-refractivity contribution in [2.24, 2.45) is 5.92 Å². The molecule has 1 N–H and O–H groups in total. The third-order valence-corrected chi connectivity index (χ3v) is 4.99. The molecule has 4 heteroatoms. The van der Waals surface area contributed by atoms with Crippen LogP contribution >= 0.6 is 0 Å². The maximum absolute atomic E-state index is 12.4. The van der Waals surface area contributed by atoms with E-state index in [1.807, 2.05) is 25.1 Å². The molecular formula is C19H29N3O. The van der Waals surface area contributed by atoms with Gasteiger partial charge in [0.1, 0.15) is 0 Å². The standard InChI is InChI=1S/C19H29N3O/c1-15-7-6-8-17(20-15)19(16-9-10-16)21-18(23)11-14-22-12-4-2-3-5-13-22/h6-8,16,19H,2-5,9-14H2,1H3,(H,21,23)/t19-/m0/s1. The van der Waals surface area contributed by atoms with Crippen LogP contribution in [0.15, 0.2) is 18.2 Å². The normalized spacial score (nSPS) is 20.7. The average Bonchev–Trinajstić information content (AvgIpc) is 3.37. The number of hydrogen-bond acceptors (Lipinski definition) is 3. The summed E-state index contributed by atoms with van der Waals surface area (Å²) >= 11 is 0. The predicted octanol–water partition coefficient (Wildman–Crippen LogP) is 3.22. The molecule has 1 saturated carbocycles. The third kappa shape index (κ3) is 5.03. The monoisotopic (exact) mass is 315 g/mol. The van der Waals surface area contributed by atoms with Crippen LogP contribution in [-0.2, 0) is 4.79 Å². The van der Waals surface area contributed by atoms with Crippen LogP contribution < -0.4 is 5.32 Å². The number of aromatic nitrogens is 1. The van der Waals surface area contributed by atoms with Crippen LogP contribution in [0, 0.1) is 12.8 Å². The molecule has 0 unspecified atom stereocenters. The Labute approximate surface area is 139 Å². The molecule has 2 fully saturated rings. The maximum Gasteiger partial charge on any atom is 0.221 e. The first-order valence-corrected chi connectivity index (χ1v) is 9.17. The fraction of sp³-hybridized carbons (Fsp3) is 0.684. The number of nitrogens with zero attached hydrogens (tertiary/aromatic N) is 2. The number of nitrogens with one attached hydrogen (secondary N) is 1. The lowest BCUT2D eigenvalue weighted by molar-refractivity contribution is -0.122. The van der Waals surface area contributed by atoms with Crippen LogP contribution in [0.25, 0.3) is 0 Å². The van der Waals surface area contributed by atoms with E-state index in [2.05, 4.69) is 15.2 Å². The van der Waals surface area contributed by atoms with Gasteiger partial charge in [0.25, 0.3) is 0 Å². The largest absolute Gasteiger partial charge is 0.347 e. The lowest BCUT2D eigenvalue weighted by atomic mass is 10.1. The van der Waals surface area contributed by atoms with Crippen LogP contribution in [0.3, 0.4) is 0 Å². The molecule has 2 heterocycles. The minimum Gasteiger partial charge on any atom is -0.347 e. The molecule has 1 amide bonds. The molecule has 4 nitrogen and oxygen atoms in total. The number of hydrogen-bond donors (Lipinski definition) is 1. The molecule has 1 aromatic heterocycles. The molecule has 2 aliphatic rings. The van der Waals surface area contributed by atoms with Gasteiger partial charge in [-0.05, 0) is 63.7 Å². The van der Waals surface area contributed by atoms with E-state index in [9.17, 15) is 4.79 Å². The van der Waals surface area contributed by atoms with E-state index in [1.165, 1.54) is 38.5 Å². The number of rotatable bonds is 6. The van der Waals surface area contributed by atoms with Crippen molar-refractivity contribution in [2.75, 3.05) is 19.6 Å². The molecule has 1 aromatic rings. The highest BCUT2D eigenvalue weighted by atomic mass is 16.1. The summed E-state index contributed by atoms with van der Waals surface area (Å²) in [5.74, 6) is 0.751. The second kappa shape index (κ2) is 7.91. The number of pyridine rings is 1. The van der Waals surface area contributed by atoms with Crippen LogP contribution in [-0.4, -0.2) is 35.4 Å². The van der Waals surface area contributed by atoms with Gasteiger partial charge in [0.15, 0.2) is 0 Å².